The summed E-state index contributed by atoms with van der Waals surface area (Å²) in [5, 5.41) is 0. The van der Waals surface area contributed by atoms with Crippen molar-refractivity contribution >= 4 is 5.78 Å². The van der Waals surface area contributed by atoms with E-state index in [4.69, 9.17) is 0 Å². The molecule has 0 aromatic heterocycles. The van der Waals surface area contributed by atoms with Gasteiger partial charge in [0.15, 0.2) is 0 Å². The molecule has 1 saturated carbocycles. The van der Waals surface area contributed by atoms with Crippen LogP contribution in [0.2, 0.25) is 0 Å². The molecule has 14 heavy (non-hydrogen) atoms. The Morgan fingerprint density at radius 2 is 2.00 bits per heavy atom. The Morgan fingerprint density at radius 1 is 1.29 bits per heavy atom. The molecule has 1 fully saturated rings. The third-order valence-electron chi connectivity index (χ3n) is 3.36. The molecule has 0 spiro atoms. The largest absolute Gasteiger partial charge is 0.299 e. The predicted molar refractivity (Wildman–Crippen MR) is 60.2 cm³/mol. The fraction of sp³-hybridized carbons (Fsp3) is 0.923. The number of rotatable bonds is 6. The lowest BCUT2D eigenvalue weighted by Gasteiger charge is -2.26. The van der Waals surface area contributed by atoms with Crippen LogP contribution in [0.3, 0.4) is 0 Å². The van der Waals surface area contributed by atoms with Gasteiger partial charge in [-0.25, -0.2) is 0 Å². The average Bonchev–Trinajstić information content (AvgIpc) is 2.11. The first-order valence-electron chi connectivity index (χ1n) is 6.12. The zero-order valence-corrected chi connectivity index (χ0v) is 9.88. The summed E-state index contributed by atoms with van der Waals surface area (Å²) in [6.07, 6.45) is 7.14. The van der Waals surface area contributed by atoms with Gasteiger partial charge < -0.3 is 0 Å². The maximum Gasteiger partial charge on any atom is 0.136 e. The Labute approximate surface area is 88.3 Å². The van der Waals surface area contributed by atoms with E-state index in [-0.39, 0.29) is 0 Å². The normalized spacial score (nSPS) is 23.7. The lowest BCUT2D eigenvalue weighted by Crippen LogP contribution is -2.27. The van der Waals surface area contributed by atoms with Crippen molar-refractivity contribution < 1.29 is 4.79 Å². The molecule has 0 radical (unpaired) electrons. The molecule has 0 saturated heterocycles. The summed E-state index contributed by atoms with van der Waals surface area (Å²) >= 11 is 0. The second-order valence-electron chi connectivity index (χ2n) is 5.37. The summed E-state index contributed by atoms with van der Waals surface area (Å²) in [6.45, 7) is 6.85. The maximum atomic E-state index is 11.1. The molecule has 0 aromatic carbocycles. The monoisotopic (exact) mass is 196 g/mol. The van der Waals surface area contributed by atoms with Crippen LogP contribution < -0.4 is 0 Å². The summed E-state index contributed by atoms with van der Waals surface area (Å²) in [7, 11) is 0. The fourth-order valence-electron chi connectivity index (χ4n) is 2.19. The minimum atomic E-state index is 0.434. The first-order chi connectivity index (χ1) is 6.59. The SMILES string of the molecule is CC(C)CCCC(C)CC1CCC1=O. The molecule has 1 heteroatoms. The van der Waals surface area contributed by atoms with E-state index in [2.05, 4.69) is 20.8 Å². The molecule has 2 unspecified atom stereocenters. The van der Waals surface area contributed by atoms with E-state index in [1.165, 1.54) is 19.3 Å². The van der Waals surface area contributed by atoms with Gasteiger partial charge in [-0.2, -0.15) is 0 Å². The quantitative estimate of drug-likeness (QED) is 0.631. The van der Waals surface area contributed by atoms with Crippen molar-refractivity contribution in [2.24, 2.45) is 17.8 Å². The Hall–Kier alpha value is -0.330. The van der Waals surface area contributed by atoms with Crippen LogP contribution in [-0.4, -0.2) is 5.78 Å². The Kier molecular flexibility index (Phi) is 4.64. The van der Waals surface area contributed by atoms with Gasteiger partial charge in [0.25, 0.3) is 0 Å². The molecule has 0 aromatic rings. The van der Waals surface area contributed by atoms with Crippen LogP contribution >= 0.6 is 0 Å². The van der Waals surface area contributed by atoms with Gasteiger partial charge in [-0.1, -0.05) is 40.0 Å². The topological polar surface area (TPSA) is 17.1 Å². The number of ketones is 1. The van der Waals surface area contributed by atoms with Crippen LogP contribution in [0.25, 0.3) is 0 Å². The summed E-state index contributed by atoms with van der Waals surface area (Å²) < 4.78 is 0. The lowest BCUT2D eigenvalue weighted by molar-refractivity contribution is -0.129. The lowest BCUT2D eigenvalue weighted by atomic mass is 9.77. The van der Waals surface area contributed by atoms with E-state index >= 15 is 0 Å². The zero-order chi connectivity index (χ0) is 10.6. The van der Waals surface area contributed by atoms with Gasteiger partial charge in [-0.05, 0) is 24.7 Å². The highest BCUT2D eigenvalue weighted by Gasteiger charge is 2.28. The van der Waals surface area contributed by atoms with E-state index in [0.717, 1.165) is 31.1 Å². The van der Waals surface area contributed by atoms with E-state index in [9.17, 15) is 4.79 Å². The zero-order valence-electron chi connectivity index (χ0n) is 9.88. The molecule has 0 aliphatic heterocycles. The summed E-state index contributed by atoms with van der Waals surface area (Å²) in [5.74, 6) is 2.53. The third-order valence-corrected chi connectivity index (χ3v) is 3.36. The molecule has 0 amide bonds. The Morgan fingerprint density at radius 3 is 2.43 bits per heavy atom. The molecule has 82 valence electrons. The van der Waals surface area contributed by atoms with Gasteiger partial charge >= 0.3 is 0 Å². The molecule has 1 aliphatic rings. The molecule has 0 N–H and O–H groups in total. The highest BCUT2D eigenvalue weighted by atomic mass is 16.1. The Balaban J connectivity index is 2.04. The van der Waals surface area contributed by atoms with E-state index in [1.54, 1.807) is 0 Å². The number of carbonyl (C=O) groups excluding carboxylic acids is 1. The third kappa shape index (κ3) is 3.81. The molecule has 1 nitrogen and oxygen atoms in total. The second-order valence-corrected chi connectivity index (χ2v) is 5.37. The van der Waals surface area contributed by atoms with E-state index in [1.807, 2.05) is 0 Å². The van der Waals surface area contributed by atoms with Gasteiger partial charge in [0.1, 0.15) is 5.78 Å². The van der Waals surface area contributed by atoms with Crippen LogP contribution in [0.5, 0.6) is 0 Å². The van der Waals surface area contributed by atoms with Gasteiger partial charge in [0, 0.05) is 12.3 Å². The first-order valence-corrected chi connectivity index (χ1v) is 6.12. The molecule has 0 bridgehead atoms. The summed E-state index contributed by atoms with van der Waals surface area (Å²) in [6, 6.07) is 0. The molecular formula is C13H24O. The highest BCUT2D eigenvalue weighted by Crippen LogP contribution is 2.30. The van der Waals surface area contributed by atoms with Crippen LogP contribution in [0.15, 0.2) is 0 Å². The summed E-state index contributed by atoms with van der Waals surface area (Å²) in [4.78, 5) is 11.1. The minimum Gasteiger partial charge on any atom is -0.299 e. The Bertz CT molecular complexity index is 184. The van der Waals surface area contributed by atoms with Gasteiger partial charge in [-0.3, -0.25) is 4.79 Å². The van der Waals surface area contributed by atoms with Crippen molar-refractivity contribution in [3.63, 3.8) is 0 Å². The van der Waals surface area contributed by atoms with Crippen molar-refractivity contribution in [2.45, 2.75) is 59.3 Å². The standard InChI is InChI=1S/C13H24O/c1-10(2)5-4-6-11(3)9-12-7-8-13(12)14/h10-12H,4-9H2,1-3H3. The number of hydrogen-bond donors (Lipinski definition) is 0. The maximum absolute atomic E-state index is 11.1. The van der Waals surface area contributed by atoms with E-state index in [0.29, 0.717) is 11.7 Å². The van der Waals surface area contributed by atoms with Crippen molar-refractivity contribution in [3.8, 4) is 0 Å². The van der Waals surface area contributed by atoms with Crippen LogP contribution in [-0.2, 0) is 4.79 Å². The summed E-state index contributed by atoms with van der Waals surface area (Å²) in [5.41, 5.74) is 0. The van der Waals surface area contributed by atoms with Gasteiger partial charge in [0.2, 0.25) is 0 Å². The van der Waals surface area contributed by atoms with Crippen LogP contribution in [0.4, 0.5) is 0 Å². The molecule has 2 atom stereocenters. The fourth-order valence-corrected chi connectivity index (χ4v) is 2.19. The second kappa shape index (κ2) is 5.53. The van der Waals surface area contributed by atoms with Gasteiger partial charge in [-0.15, -0.1) is 0 Å². The minimum absolute atomic E-state index is 0.434. The predicted octanol–water partition coefficient (Wildman–Crippen LogP) is 3.82. The van der Waals surface area contributed by atoms with Crippen LogP contribution in [0, 0.1) is 17.8 Å². The molecule has 1 rings (SSSR count). The van der Waals surface area contributed by atoms with Gasteiger partial charge in [0.05, 0.1) is 0 Å². The van der Waals surface area contributed by atoms with Crippen molar-refractivity contribution in [3.05, 3.63) is 0 Å². The first kappa shape index (κ1) is 11.7. The average molecular weight is 196 g/mol. The van der Waals surface area contributed by atoms with Crippen molar-refractivity contribution in [1.29, 1.82) is 0 Å². The molecule has 1 aliphatic carbocycles. The molecular weight excluding hydrogens is 172 g/mol. The van der Waals surface area contributed by atoms with Crippen LogP contribution in [0.1, 0.15) is 59.3 Å². The van der Waals surface area contributed by atoms with E-state index < -0.39 is 0 Å². The molecule has 0 heterocycles. The number of Topliss-reactive ketones (excluding diaryl/α,β-unsaturated/α-hetero) is 1. The van der Waals surface area contributed by atoms with Crippen molar-refractivity contribution in [1.82, 2.24) is 0 Å². The highest BCUT2D eigenvalue weighted by molar-refractivity contribution is 5.86. The number of hydrogen-bond acceptors (Lipinski definition) is 1. The van der Waals surface area contributed by atoms with Crippen molar-refractivity contribution in [2.75, 3.05) is 0 Å². The smallest absolute Gasteiger partial charge is 0.136 e. The number of carbonyl (C=O) groups is 1.